The number of carbonyl (C=O) groups excluding carboxylic acids is 1. The summed E-state index contributed by atoms with van der Waals surface area (Å²) in [4.78, 5) is 12.0. The molecule has 0 bridgehead atoms. The van der Waals surface area contributed by atoms with Crippen LogP contribution in [0.1, 0.15) is 36.8 Å². The molecule has 0 spiro atoms. The van der Waals surface area contributed by atoms with Crippen molar-refractivity contribution in [2.75, 3.05) is 0 Å². The summed E-state index contributed by atoms with van der Waals surface area (Å²) in [6.07, 6.45) is 5.68. The number of allylic oxidation sites excluding steroid dienone is 1. The largest absolute Gasteiger partial charge is 0.488 e. The third-order valence-electron chi connectivity index (χ3n) is 3.94. The van der Waals surface area contributed by atoms with Crippen LogP contribution in [0, 0.1) is 0 Å². The van der Waals surface area contributed by atoms with Crippen LogP contribution in [0.5, 0.6) is 5.75 Å². The smallest absolute Gasteiger partial charge is 0.158 e. The van der Waals surface area contributed by atoms with Gasteiger partial charge in [0.05, 0.1) is 0 Å². The van der Waals surface area contributed by atoms with Gasteiger partial charge in [-0.2, -0.15) is 0 Å². The van der Waals surface area contributed by atoms with E-state index in [-0.39, 0.29) is 5.78 Å². The first-order valence-electron chi connectivity index (χ1n) is 7.82. The van der Waals surface area contributed by atoms with Crippen molar-refractivity contribution in [3.05, 3.63) is 71.3 Å². The molecule has 2 aromatic rings. The zero-order valence-corrected chi connectivity index (χ0v) is 12.6. The lowest BCUT2D eigenvalue weighted by Crippen LogP contribution is -2.08. The zero-order valence-electron chi connectivity index (χ0n) is 12.6. The molecule has 0 atom stereocenters. The second kappa shape index (κ2) is 7.08. The fourth-order valence-corrected chi connectivity index (χ4v) is 2.71. The number of Topliss-reactive ketones (excluding diaryl/α,β-unsaturated/α-hetero) is 1. The normalized spacial score (nSPS) is 16.7. The highest BCUT2D eigenvalue weighted by atomic mass is 16.5. The first-order valence-corrected chi connectivity index (χ1v) is 7.82. The van der Waals surface area contributed by atoms with Gasteiger partial charge in [-0.05, 0) is 42.5 Å². The Morgan fingerprint density at radius 1 is 0.909 bits per heavy atom. The molecule has 1 fully saturated rings. The Hall–Kier alpha value is -2.35. The van der Waals surface area contributed by atoms with E-state index in [4.69, 9.17) is 4.74 Å². The van der Waals surface area contributed by atoms with E-state index < -0.39 is 0 Å². The quantitative estimate of drug-likeness (QED) is 0.757. The van der Waals surface area contributed by atoms with E-state index in [1.165, 1.54) is 0 Å². The lowest BCUT2D eigenvalue weighted by atomic mass is 9.92. The van der Waals surface area contributed by atoms with Gasteiger partial charge in [0.1, 0.15) is 12.4 Å². The fourth-order valence-electron chi connectivity index (χ4n) is 2.71. The number of carbonyl (C=O) groups is 1. The van der Waals surface area contributed by atoms with Crippen molar-refractivity contribution >= 4 is 11.9 Å². The molecule has 0 heterocycles. The van der Waals surface area contributed by atoms with Crippen LogP contribution in [0.4, 0.5) is 0 Å². The average molecular weight is 292 g/mol. The molecular weight excluding hydrogens is 272 g/mol. The third kappa shape index (κ3) is 3.64. The topological polar surface area (TPSA) is 26.3 Å². The van der Waals surface area contributed by atoms with Crippen LogP contribution in [0.3, 0.4) is 0 Å². The molecule has 2 nitrogen and oxygen atoms in total. The van der Waals surface area contributed by atoms with E-state index in [2.05, 4.69) is 0 Å². The van der Waals surface area contributed by atoms with E-state index in [0.29, 0.717) is 13.0 Å². The Bertz CT molecular complexity index is 671. The van der Waals surface area contributed by atoms with Crippen LogP contribution in [0.15, 0.2) is 60.2 Å². The van der Waals surface area contributed by atoms with Gasteiger partial charge in [-0.25, -0.2) is 0 Å². The summed E-state index contributed by atoms with van der Waals surface area (Å²) >= 11 is 0. The summed E-state index contributed by atoms with van der Waals surface area (Å²) in [7, 11) is 0. The molecule has 2 heteroatoms. The molecule has 112 valence electrons. The van der Waals surface area contributed by atoms with Gasteiger partial charge in [0.2, 0.25) is 0 Å². The molecule has 0 saturated heterocycles. The van der Waals surface area contributed by atoms with Crippen molar-refractivity contribution in [1.29, 1.82) is 0 Å². The van der Waals surface area contributed by atoms with Crippen LogP contribution in [-0.2, 0) is 11.4 Å². The summed E-state index contributed by atoms with van der Waals surface area (Å²) in [5, 5.41) is 0. The van der Waals surface area contributed by atoms with Crippen molar-refractivity contribution in [1.82, 2.24) is 0 Å². The highest BCUT2D eigenvalue weighted by Crippen LogP contribution is 2.27. The molecule has 2 aromatic carbocycles. The monoisotopic (exact) mass is 292 g/mol. The molecule has 1 aliphatic rings. The van der Waals surface area contributed by atoms with Gasteiger partial charge in [-0.3, -0.25) is 4.79 Å². The lowest BCUT2D eigenvalue weighted by Gasteiger charge is -2.14. The van der Waals surface area contributed by atoms with Crippen molar-refractivity contribution in [3.8, 4) is 5.75 Å². The number of benzene rings is 2. The van der Waals surface area contributed by atoms with Gasteiger partial charge in [0, 0.05) is 12.0 Å². The molecule has 0 aromatic heterocycles. The number of hydrogen-bond donors (Lipinski definition) is 0. The summed E-state index contributed by atoms with van der Waals surface area (Å²) in [6.45, 7) is 0.537. The van der Waals surface area contributed by atoms with Crippen LogP contribution < -0.4 is 4.74 Å². The molecule has 1 saturated carbocycles. The van der Waals surface area contributed by atoms with Gasteiger partial charge in [-0.1, -0.05) is 48.5 Å². The van der Waals surface area contributed by atoms with E-state index >= 15 is 0 Å². The van der Waals surface area contributed by atoms with Crippen LogP contribution in [-0.4, -0.2) is 5.78 Å². The Morgan fingerprint density at radius 2 is 1.64 bits per heavy atom. The van der Waals surface area contributed by atoms with Crippen molar-refractivity contribution in [3.63, 3.8) is 0 Å². The summed E-state index contributed by atoms with van der Waals surface area (Å²) in [5.41, 5.74) is 3.06. The molecule has 1 aliphatic carbocycles. The molecule has 0 aliphatic heterocycles. The fraction of sp³-hybridized carbons (Fsp3) is 0.250. The second-order valence-corrected chi connectivity index (χ2v) is 5.61. The first-order chi connectivity index (χ1) is 10.8. The minimum Gasteiger partial charge on any atom is -0.488 e. The standard InChI is InChI=1S/C20H20O2/c21-19-12-6-4-10-17(19)14-18-11-5-7-13-20(18)22-15-16-8-2-1-3-9-16/h1-3,5,7-9,11,13-14H,4,6,10,12,15H2. The molecule has 0 unspecified atom stereocenters. The number of ketones is 1. The Morgan fingerprint density at radius 3 is 2.45 bits per heavy atom. The highest BCUT2D eigenvalue weighted by Gasteiger charge is 2.15. The van der Waals surface area contributed by atoms with Crippen LogP contribution in [0.2, 0.25) is 0 Å². The first kappa shape index (κ1) is 14.6. The predicted octanol–water partition coefficient (Wildman–Crippen LogP) is 4.79. The van der Waals surface area contributed by atoms with E-state index in [9.17, 15) is 4.79 Å². The van der Waals surface area contributed by atoms with Gasteiger partial charge in [-0.15, -0.1) is 0 Å². The van der Waals surface area contributed by atoms with Gasteiger partial charge >= 0.3 is 0 Å². The molecule has 3 rings (SSSR count). The van der Waals surface area contributed by atoms with Gasteiger partial charge < -0.3 is 4.74 Å². The van der Waals surface area contributed by atoms with E-state index in [0.717, 1.165) is 41.7 Å². The average Bonchev–Trinajstić information content (AvgIpc) is 2.57. The number of rotatable bonds is 4. The highest BCUT2D eigenvalue weighted by molar-refractivity contribution is 6.00. The number of hydrogen-bond acceptors (Lipinski definition) is 2. The summed E-state index contributed by atoms with van der Waals surface area (Å²) in [6, 6.07) is 18.0. The molecule has 0 radical (unpaired) electrons. The number of para-hydroxylation sites is 1. The van der Waals surface area contributed by atoms with Crippen molar-refractivity contribution in [2.24, 2.45) is 0 Å². The van der Waals surface area contributed by atoms with Crippen molar-refractivity contribution in [2.45, 2.75) is 32.3 Å². The molecule has 0 N–H and O–H groups in total. The van der Waals surface area contributed by atoms with Gasteiger partial charge in [0.25, 0.3) is 0 Å². The van der Waals surface area contributed by atoms with E-state index in [1.807, 2.05) is 60.7 Å². The van der Waals surface area contributed by atoms with Crippen LogP contribution >= 0.6 is 0 Å². The zero-order chi connectivity index (χ0) is 15.2. The maximum Gasteiger partial charge on any atom is 0.158 e. The second-order valence-electron chi connectivity index (χ2n) is 5.61. The van der Waals surface area contributed by atoms with Crippen molar-refractivity contribution < 1.29 is 9.53 Å². The maximum atomic E-state index is 12.0. The minimum absolute atomic E-state index is 0.282. The van der Waals surface area contributed by atoms with Gasteiger partial charge in [0.15, 0.2) is 5.78 Å². The Kier molecular flexibility index (Phi) is 4.69. The van der Waals surface area contributed by atoms with Crippen LogP contribution in [0.25, 0.3) is 6.08 Å². The third-order valence-corrected chi connectivity index (χ3v) is 3.94. The Balaban J connectivity index is 1.78. The molecular formula is C20H20O2. The summed E-state index contributed by atoms with van der Waals surface area (Å²) in [5.74, 6) is 1.11. The predicted molar refractivity (Wildman–Crippen MR) is 88.7 cm³/mol. The Labute approximate surface area is 131 Å². The lowest BCUT2D eigenvalue weighted by molar-refractivity contribution is -0.116. The van der Waals surface area contributed by atoms with E-state index in [1.54, 1.807) is 0 Å². The molecule has 22 heavy (non-hydrogen) atoms. The SMILES string of the molecule is O=C1CCCCC1=Cc1ccccc1OCc1ccccc1. The molecule has 0 amide bonds. The minimum atomic E-state index is 0.282. The summed E-state index contributed by atoms with van der Waals surface area (Å²) < 4.78 is 5.94. The maximum absolute atomic E-state index is 12.0. The number of ether oxygens (including phenoxy) is 1.